The standard InChI is InChI=1S/C15H10N2O3/c18-15(19)12-8-6-10(7-9-12)13-16-14(20-17-13)11-4-2-1-3-5-11/h1-9H,(H,18,19). The van der Waals surface area contributed by atoms with Gasteiger partial charge in [-0.1, -0.05) is 35.5 Å². The fourth-order valence-electron chi connectivity index (χ4n) is 1.80. The largest absolute Gasteiger partial charge is 0.478 e. The average molecular weight is 266 g/mol. The van der Waals surface area contributed by atoms with E-state index in [2.05, 4.69) is 10.1 Å². The van der Waals surface area contributed by atoms with E-state index in [0.29, 0.717) is 17.3 Å². The molecule has 2 aromatic carbocycles. The van der Waals surface area contributed by atoms with Crippen LogP contribution in [0.15, 0.2) is 59.1 Å². The van der Waals surface area contributed by atoms with Crippen LogP contribution in [0, 0.1) is 0 Å². The van der Waals surface area contributed by atoms with Gasteiger partial charge >= 0.3 is 5.97 Å². The topological polar surface area (TPSA) is 76.2 Å². The normalized spacial score (nSPS) is 10.4. The Morgan fingerprint density at radius 2 is 1.65 bits per heavy atom. The molecular formula is C15H10N2O3. The molecule has 0 spiro atoms. The van der Waals surface area contributed by atoms with Gasteiger partial charge in [0.2, 0.25) is 5.82 Å². The van der Waals surface area contributed by atoms with Crippen LogP contribution in [0.4, 0.5) is 0 Å². The van der Waals surface area contributed by atoms with Gasteiger partial charge in [0.15, 0.2) is 0 Å². The van der Waals surface area contributed by atoms with Crippen LogP contribution in [0.2, 0.25) is 0 Å². The highest BCUT2D eigenvalue weighted by Crippen LogP contribution is 2.22. The van der Waals surface area contributed by atoms with E-state index in [4.69, 9.17) is 9.63 Å². The van der Waals surface area contributed by atoms with Crippen molar-refractivity contribution in [3.63, 3.8) is 0 Å². The summed E-state index contributed by atoms with van der Waals surface area (Å²) in [5.41, 5.74) is 1.77. The second-order valence-corrected chi connectivity index (χ2v) is 4.17. The minimum atomic E-state index is -0.963. The van der Waals surface area contributed by atoms with E-state index in [1.54, 1.807) is 12.1 Å². The molecule has 20 heavy (non-hydrogen) atoms. The molecule has 5 nitrogen and oxygen atoms in total. The van der Waals surface area contributed by atoms with Crippen LogP contribution >= 0.6 is 0 Å². The highest BCUT2D eigenvalue weighted by atomic mass is 16.5. The van der Waals surface area contributed by atoms with E-state index in [9.17, 15) is 4.79 Å². The van der Waals surface area contributed by atoms with Crippen molar-refractivity contribution in [2.45, 2.75) is 0 Å². The number of aromatic carboxylic acids is 1. The lowest BCUT2D eigenvalue weighted by Crippen LogP contribution is -1.95. The molecule has 3 rings (SSSR count). The number of aromatic nitrogens is 2. The van der Waals surface area contributed by atoms with Gasteiger partial charge < -0.3 is 9.63 Å². The highest BCUT2D eigenvalue weighted by molar-refractivity contribution is 5.88. The van der Waals surface area contributed by atoms with Crippen molar-refractivity contribution in [2.24, 2.45) is 0 Å². The van der Waals surface area contributed by atoms with E-state index in [-0.39, 0.29) is 5.56 Å². The Kier molecular flexibility index (Phi) is 3.01. The predicted octanol–water partition coefficient (Wildman–Crippen LogP) is 3.10. The Morgan fingerprint density at radius 3 is 2.30 bits per heavy atom. The fourth-order valence-corrected chi connectivity index (χ4v) is 1.80. The second kappa shape index (κ2) is 4.97. The number of carbonyl (C=O) groups is 1. The number of carboxylic acids is 1. The first-order valence-corrected chi connectivity index (χ1v) is 5.97. The van der Waals surface area contributed by atoms with Crippen molar-refractivity contribution < 1.29 is 14.4 Å². The Bertz CT molecular complexity index is 733. The molecule has 0 unspecified atom stereocenters. The average Bonchev–Trinajstić information content (AvgIpc) is 2.98. The van der Waals surface area contributed by atoms with Gasteiger partial charge in [-0.25, -0.2) is 4.79 Å². The first-order valence-electron chi connectivity index (χ1n) is 5.97. The lowest BCUT2D eigenvalue weighted by atomic mass is 10.1. The van der Waals surface area contributed by atoms with Crippen molar-refractivity contribution >= 4 is 5.97 Å². The number of benzene rings is 2. The molecule has 0 amide bonds. The summed E-state index contributed by atoms with van der Waals surface area (Å²) in [5.74, 6) is -0.0988. The SMILES string of the molecule is O=C(O)c1ccc(-c2noc(-c3ccccc3)n2)cc1. The molecule has 0 atom stereocenters. The Morgan fingerprint density at radius 1 is 0.950 bits per heavy atom. The Hall–Kier alpha value is -2.95. The quantitative estimate of drug-likeness (QED) is 0.788. The third-order valence-corrected chi connectivity index (χ3v) is 2.84. The van der Waals surface area contributed by atoms with Crippen LogP contribution in [0.1, 0.15) is 10.4 Å². The van der Waals surface area contributed by atoms with Crippen LogP contribution in [0.25, 0.3) is 22.8 Å². The van der Waals surface area contributed by atoms with E-state index < -0.39 is 5.97 Å². The van der Waals surface area contributed by atoms with Gasteiger partial charge in [-0.3, -0.25) is 0 Å². The van der Waals surface area contributed by atoms with E-state index in [0.717, 1.165) is 5.56 Å². The lowest BCUT2D eigenvalue weighted by Gasteiger charge is -1.96. The van der Waals surface area contributed by atoms with Crippen LogP contribution < -0.4 is 0 Å². The highest BCUT2D eigenvalue weighted by Gasteiger charge is 2.11. The van der Waals surface area contributed by atoms with Crippen LogP contribution in [0.5, 0.6) is 0 Å². The van der Waals surface area contributed by atoms with Crippen molar-refractivity contribution in [3.8, 4) is 22.8 Å². The van der Waals surface area contributed by atoms with Gasteiger partial charge in [-0.15, -0.1) is 0 Å². The minimum Gasteiger partial charge on any atom is -0.478 e. The molecule has 0 bridgehead atoms. The minimum absolute atomic E-state index is 0.223. The molecule has 0 radical (unpaired) electrons. The zero-order chi connectivity index (χ0) is 13.9. The molecule has 1 N–H and O–H groups in total. The predicted molar refractivity (Wildman–Crippen MR) is 72.1 cm³/mol. The summed E-state index contributed by atoms with van der Waals surface area (Å²) in [7, 11) is 0. The summed E-state index contributed by atoms with van der Waals surface area (Å²) in [6, 6.07) is 15.8. The molecule has 1 heterocycles. The zero-order valence-electron chi connectivity index (χ0n) is 10.4. The molecular weight excluding hydrogens is 256 g/mol. The monoisotopic (exact) mass is 266 g/mol. The van der Waals surface area contributed by atoms with E-state index in [1.165, 1.54) is 12.1 Å². The van der Waals surface area contributed by atoms with Crippen molar-refractivity contribution in [1.29, 1.82) is 0 Å². The molecule has 3 aromatic rings. The number of rotatable bonds is 3. The Labute approximate surface area is 114 Å². The van der Waals surface area contributed by atoms with Crippen molar-refractivity contribution in [2.75, 3.05) is 0 Å². The van der Waals surface area contributed by atoms with Crippen molar-refractivity contribution in [3.05, 3.63) is 60.2 Å². The maximum Gasteiger partial charge on any atom is 0.335 e. The molecule has 0 aliphatic carbocycles. The van der Waals surface area contributed by atoms with Gasteiger partial charge in [-0.05, 0) is 24.3 Å². The van der Waals surface area contributed by atoms with Gasteiger partial charge in [0.1, 0.15) is 0 Å². The number of nitrogens with zero attached hydrogens (tertiary/aromatic N) is 2. The summed E-state index contributed by atoms with van der Waals surface area (Å²) < 4.78 is 5.21. The molecule has 0 saturated heterocycles. The smallest absolute Gasteiger partial charge is 0.335 e. The lowest BCUT2D eigenvalue weighted by molar-refractivity contribution is 0.0697. The summed E-state index contributed by atoms with van der Waals surface area (Å²) >= 11 is 0. The van der Waals surface area contributed by atoms with Crippen LogP contribution in [-0.2, 0) is 0 Å². The molecule has 0 fully saturated rings. The molecule has 0 aliphatic heterocycles. The number of carboxylic acid groups (broad SMARTS) is 1. The number of hydrogen-bond donors (Lipinski definition) is 1. The summed E-state index contributed by atoms with van der Waals surface area (Å²) in [4.78, 5) is 15.1. The third kappa shape index (κ3) is 2.29. The number of hydrogen-bond acceptors (Lipinski definition) is 4. The zero-order valence-corrected chi connectivity index (χ0v) is 10.4. The van der Waals surface area contributed by atoms with Crippen LogP contribution in [-0.4, -0.2) is 21.2 Å². The first kappa shape index (κ1) is 12.1. The summed E-state index contributed by atoms with van der Waals surface area (Å²) in [5, 5.41) is 12.8. The Balaban J connectivity index is 1.92. The van der Waals surface area contributed by atoms with Gasteiger partial charge in [0, 0.05) is 11.1 Å². The van der Waals surface area contributed by atoms with E-state index >= 15 is 0 Å². The maximum atomic E-state index is 10.8. The summed E-state index contributed by atoms with van der Waals surface area (Å²) in [6.45, 7) is 0. The first-order chi connectivity index (χ1) is 9.74. The third-order valence-electron chi connectivity index (χ3n) is 2.84. The molecule has 1 aromatic heterocycles. The molecule has 5 heteroatoms. The molecule has 98 valence electrons. The van der Waals surface area contributed by atoms with Gasteiger partial charge in [-0.2, -0.15) is 4.98 Å². The van der Waals surface area contributed by atoms with Crippen LogP contribution in [0.3, 0.4) is 0 Å². The second-order valence-electron chi connectivity index (χ2n) is 4.17. The maximum absolute atomic E-state index is 10.8. The van der Waals surface area contributed by atoms with Crippen molar-refractivity contribution in [1.82, 2.24) is 10.1 Å². The molecule has 0 aliphatic rings. The molecule has 0 saturated carbocycles. The fraction of sp³-hybridized carbons (Fsp3) is 0. The summed E-state index contributed by atoms with van der Waals surface area (Å²) in [6.07, 6.45) is 0. The van der Waals surface area contributed by atoms with Gasteiger partial charge in [0.25, 0.3) is 5.89 Å². The van der Waals surface area contributed by atoms with Gasteiger partial charge in [0.05, 0.1) is 5.56 Å². The van der Waals surface area contributed by atoms with E-state index in [1.807, 2.05) is 30.3 Å².